The zero-order chi connectivity index (χ0) is 14.6. The molecule has 20 heavy (non-hydrogen) atoms. The van der Waals surface area contributed by atoms with Gasteiger partial charge < -0.3 is 5.73 Å². The highest BCUT2D eigenvalue weighted by atomic mass is 35.5. The number of rotatable bonds is 5. The first-order chi connectivity index (χ1) is 9.49. The molecule has 0 aliphatic heterocycles. The predicted molar refractivity (Wildman–Crippen MR) is 81.2 cm³/mol. The van der Waals surface area contributed by atoms with Crippen LogP contribution in [0.15, 0.2) is 53.4 Å². The van der Waals surface area contributed by atoms with Crippen LogP contribution >= 0.6 is 11.6 Å². The summed E-state index contributed by atoms with van der Waals surface area (Å²) >= 11 is 5.90. The summed E-state index contributed by atoms with van der Waals surface area (Å²) in [5.41, 5.74) is 7.02. The van der Waals surface area contributed by atoms with Crippen molar-refractivity contribution in [2.75, 3.05) is 12.3 Å². The maximum absolute atomic E-state index is 12.1. The molecule has 0 aromatic heterocycles. The summed E-state index contributed by atoms with van der Waals surface area (Å²) in [6, 6.07) is 14.0. The molecule has 0 aliphatic carbocycles. The van der Waals surface area contributed by atoms with Crippen LogP contribution in [-0.2, 0) is 16.4 Å². The second-order valence-electron chi connectivity index (χ2n) is 4.32. The Hall–Kier alpha value is -1.56. The van der Waals surface area contributed by atoms with Crippen LogP contribution in [0.1, 0.15) is 5.56 Å². The lowest BCUT2D eigenvalue weighted by molar-refractivity contribution is 0.582. The van der Waals surface area contributed by atoms with Crippen LogP contribution in [0.4, 0.5) is 5.69 Å². The molecule has 2 aromatic rings. The highest BCUT2D eigenvalue weighted by Crippen LogP contribution is 2.23. The molecule has 0 radical (unpaired) electrons. The van der Waals surface area contributed by atoms with Crippen molar-refractivity contribution in [1.82, 2.24) is 4.72 Å². The van der Waals surface area contributed by atoms with Gasteiger partial charge in [-0.2, -0.15) is 0 Å². The predicted octanol–water partition coefficient (Wildman–Crippen LogP) is 2.44. The number of benzene rings is 2. The SMILES string of the molecule is Nc1ccc(Cl)c(S(=O)(=O)NCCc2ccccc2)c1. The standard InChI is InChI=1S/C14H15ClN2O2S/c15-13-7-6-12(16)10-14(13)20(18,19)17-9-8-11-4-2-1-3-5-11/h1-7,10,17H,8-9,16H2. The lowest BCUT2D eigenvalue weighted by atomic mass is 10.2. The molecule has 0 spiro atoms. The van der Waals surface area contributed by atoms with Crippen LogP contribution in [0, 0.1) is 0 Å². The molecule has 2 rings (SSSR count). The Morgan fingerprint density at radius 3 is 2.50 bits per heavy atom. The average Bonchev–Trinajstić information content (AvgIpc) is 2.42. The summed E-state index contributed by atoms with van der Waals surface area (Å²) in [7, 11) is -3.65. The smallest absolute Gasteiger partial charge is 0.242 e. The fourth-order valence-corrected chi connectivity index (χ4v) is 3.34. The fraction of sp³-hybridized carbons (Fsp3) is 0.143. The molecule has 2 aromatic carbocycles. The van der Waals surface area contributed by atoms with E-state index in [1.165, 1.54) is 12.1 Å². The monoisotopic (exact) mass is 310 g/mol. The van der Waals surface area contributed by atoms with E-state index in [1.54, 1.807) is 6.07 Å². The van der Waals surface area contributed by atoms with Crippen molar-refractivity contribution in [3.05, 3.63) is 59.1 Å². The molecule has 0 fully saturated rings. The number of nitrogen functional groups attached to an aromatic ring is 1. The maximum atomic E-state index is 12.1. The maximum Gasteiger partial charge on any atom is 0.242 e. The van der Waals surface area contributed by atoms with Crippen LogP contribution in [0.25, 0.3) is 0 Å². The molecule has 3 N–H and O–H groups in total. The van der Waals surface area contributed by atoms with Gasteiger partial charge in [0.25, 0.3) is 0 Å². The fourth-order valence-electron chi connectivity index (χ4n) is 1.78. The molecular formula is C14H15ClN2O2S. The molecule has 0 aliphatic rings. The number of nitrogens with two attached hydrogens (primary N) is 1. The van der Waals surface area contributed by atoms with Crippen LogP contribution in [-0.4, -0.2) is 15.0 Å². The zero-order valence-corrected chi connectivity index (χ0v) is 12.3. The zero-order valence-electron chi connectivity index (χ0n) is 10.7. The molecule has 0 saturated carbocycles. The lowest BCUT2D eigenvalue weighted by Crippen LogP contribution is -2.26. The van der Waals surface area contributed by atoms with Gasteiger partial charge in [0.15, 0.2) is 0 Å². The Bertz CT molecular complexity index is 688. The van der Waals surface area contributed by atoms with E-state index >= 15 is 0 Å². The first kappa shape index (κ1) is 14.8. The van der Waals surface area contributed by atoms with Gasteiger partial charge in [-0.05, 0) is 30.2 Å². The molecule has 0 unspecified atom stereocenters. The summed E-state index contributed by atoms with van der Waals surface area (Å²) in [4.78, 5) is 0.00669. The van der Waals surface area contributed by atoms with E-state index < -0.39 is 10.0 Å². The average molecular weight is 311 g/mol. The molecule has 0 saturated heterocycles. The van der Waals surface area contributed by atoms with Crippen LogP contribution in [0.5, 0.6) is 0 Å². The molecule has 0 heterocycles. The van der Waals surface area contributed by atoms with E-state index in [2.05, 4.69) is 4.72 Å². The summed E-state index contributed by atoms with van der Waals surface area (Å²) in [5, 5.41) is 0.159. The Morgan fingerprint density at radius 1 is 1.10 bits per heavy atom. The third-order valence-corrected chi connectivity index (χ3v) is 4.74. The van der Waals surface area contributed by atoms with Gasteiger partial charge in [0.05, 0.1) is 5.02 Å². The van der Waals surface area contributed by atoms with E-state index in [9.17, 15) is 8.42 Å². The van der Waals surface area contributed by atoms with Gasteiger partial charge in [0.1, 0.15) is 4.90 Å². The molecule has 6 heteroatoms. The minimum absolute atomic E-state index is 0.00669. The minimum Gasteiger partial charge on any atom is -0.399 e. The summed E-state index contributed by atoms with van der Waals surface area (Å²) < 4.78 is 26.8. The largest absolute Gasteiger partial charge is 0.399 e. The quantitative estimate of drug-likeness (QED) is 0.833. The highest BCUT2D eigenvalue weighted by molar-refractivity contribution is 7.89. The molecular weight excluding hydrogens is 296 g/mol. The second kappa shape index (κ2) is 6.26. The number of hydrogen-bond donors (Lipinski definition) is 2. The van der Waals surface area contributed by atoms with Crippen molar-refractivity contribution in [3.8, 4) is 0 Å². The van der Waals surface area contributed by atoms with Gasteiger partial charge in [-0.3, -0.25) is 0 Å². The van der Waals surface area contributed by atoms with Gasteiger partial charge >= 0.3 is 0 Å². The van der Waals surface area contributed by atoms with Crippen molar-refractivity contribution in [2.24, 2.45) is 0 Å². The summed E-state index contributed by atoms with van der Waals surface area (Å²) in [6.07, 6.45) is 0.611. The Labute approximate surface area is 123 Å². The van der Waals surface area contributed by atoms with Gasteiger partial charge in [0.2, 0.25) is 10.0 Å². The lowest BCUT2D eigenvalue weighted by Gasteiger charge is -2.09. The number of nitrogens with one attached hydrogen (secondary N) is 1. The van der Waals surface area contributed by atoms with E-state index in [0.717, 1.165) is 5.56 Å². The van der Waals surface area contributed by atoms with Gasteiger partial charge in [0, 0.05) is 12.2 Å². The molecule has 0 bridgehead atoms. The molecule has 4 nitrogen and oxygen atoms in total. The molecule has 0 atom stereocenters. The summed E-state index contributed by atoms with van der Waals surface area (Å²) in [6.45, 7) is 0.303. The van der Waals surface area contributed by atoms with E-state index in [0.29, 0.717) is 18.7 Å². The normalized spacial score (nSPS) is 11.4. The Kier molecular flexibility index (Phi) is 4.65. The van der Waals surface area contributed by atoms with Crippen molar-refractivity contribution < 1.29 is 8.42 Å². The van der Waals surface area contributed by atoms with Crippen molar-refractivity contribution in [3.63, 3.8) is 0 Å². The molecule has 0 amide bonds. The minimum atomic E-state index is -3.65. The van der Waals surface area contributed by atoms with Crippen molar-refractivity contribution in [1.29, 1.82) is 0 Å². The van der Waals surface area contributed by atoms with Gasteiger partial charge in [-0.15, -0.1) is 0 Å². The van der Waals surface area contributed by atoms with Crippen LogP contribution < -0.4 is 10.5 Å². The first-order valence-electron chi connectivity index (χ1n) is 6.08. The van der Waals surface area contributed by atoms with Gasteiger partial charge in [-0.1, -0.05) is 41.9 Å². The van der Waals surface area contributed by atoms with Crippen LogP contribution in [0.3, 0.4) is 0 Å². The molecule has 106 valence electrons. The first-order valence-corrected chi connectivity index (χ1v) is 7.94. The number of anilines is 1. The second-order valence-corrected chi connectivity index (χ2v) is 6.47. The number of halogens is 1. The van der Waals surface area contributed by atoms with E-state index in [1.807, 2.05) is 30.3 Å². The number of sulfonamides is 1. The van der Waals surface area contributed by atoms with E-state index in [4.69, 9.17) is 17.3 Å². The van der Waals surface area contributed by atoms with Gasteiger partial charge in [-0.25, -0.2) is 13.1 Å². The van der Waals surface area contributed by atoms with Crippen molar-refractivity contribution >= 4 is 27.3 Å². The summed E-state index contributed by atoms with van der Waals surface area (Å²) in [5.74, 6) is 0. The van der Waals surface area contributed by atoms with Crippen molar-refractivity contribution in [2.45, 2.75) is 11.3 Å². The number of hydrogen-bond acceptors (Lipinski definition) is 3. The third kappa shape index (κ3) is 3.72. The third-order valence-electron chi connectivity index (χ3n) is 2.79. The highest BCUT2D eigenvalue weighted by Gasteiger charge is 2.17. The van der Waals surface area contributed by atoms with E-state index in [-0.39, 0.29) is 9.92 Å². The topological polar surface area (TPSA) is 72.2 Å². The van der Waals surface area contributed by atoms with Crippen LogP contribution in [0.2, 0.25) is 5.02 Å². The Balaban J connectivity index is 2.06. The Morgan fingerprint density at radius 2 is 1.80 bits per heavy atom.